The summed E-state index contributed by atoms with van der Waals surface area (Å²) >= 11 is 0. The number of anilines is 2. The molecule has 1 heterocycles. The van der Waals surface area contributed by atoms with E-state index in [0.717, 1.165) is 40.0 Å². The maximum Gasteiger partial charge on any atom is 0.229 e. The van der Waals surface area contributed by atoms with Gasteiger partial charge in [0.1, 0.15) is 0 Å². The molecule has 1 atom stereocenters. The molecule has 1 aliphatic rings. The fraction of sp³-hybridized carbons (Fsp3) is 0.364. The minimum Gasteiger partial charge on any atom is -0.325 e. The Balaban J connectivity index is 1.79. The number of aryl methyl sites for hydroxylation is 3. The Kier molecular flexibility index (Phi) is 5.12. The minimum absolute atomic E-state index is 0.0133. The summed E-state index contributed by atoms with van der Waals surface area (Å²) in [4.78, 5) is 27.1. The van der Waals surface area contributed by atoms with E-state index in [1.807, 2.05) is 57.2 Å². The van der Waals surface area contributed by atoms with Crippen LogP contribution in [0.1, 0.15) is 35.6 Å². The fourth-order valence-corrected chi connectivity index (χ4v) is 3.57. The molecule has 26 heavy (non-hydrogen) atoms. The van der Waals surface area contributed by atoms with Gasteiger partial charge in [0.15, 0.2) is 0 Å². The molecule has 0 unspecified atom stereocenters. The lowest BCUT2D eigenvalue weighted by molar-refractivity contribution is -0.122. The van der Waals surface area contributed by atoms with Crippen molar-refractivity contribution in [2.75, 3.05) is 16.8 Å². The van der Waals surface area contributed by atoms with Crippen molar-refractivity contribution in [1.82, 2.24) is 0 Å². The van der Waals surface area contributed by atoms with Gasteiger partial charge in [0.2, 0.25) is 11.8 Å². The molecular weight excluding hydrogens is 324 g/mol. The summed E-state index contributed by atoms with van der Waals surface area (Å²) in [7, 11) is 0. The predicted molar refractivity (Wildman–Crippen MR) is 106 cm³/mol. The molecule has 0 radical (unpaired) electrons. The van der Waals surface area contributed by atoms with E-state index in [9.17, 15) is 9.59 Å². The van der Waals surface area contributed by atoms with Gasteiger partial charge in [0, 0.05) is 24.3 Å². The highest BCUT2D eigenvalue weighted by Gasteiger charge is 2.36. The third kappa shape index (κ3) is 3.36. The van der Waals surface area contributed by atoms with Crippen LogP contribution in [0.25, 0.3) is 0 Å². The number of benzene rings is 2. The lowest BCUT2D eigenvalue weighted by Gasteiger charge is -2.20. The molecule has 3 rings (SSSR count). The first kappa shape index (κ1) is 18.2. The molecule has 0 aromatic heterocycles. The number of carbonyl (C=O) groups excluding carboxylic acids is 2. The largest absolute Gasteiger partial charge is 0.325 e. The molecule has 2 aromatic rings. The summed E-state index contributed by atoms with van der Waals surface area (Å²) < 4.78 is 0. The van der Waals surface area contributed by atoms with Crippen LogP contribution in [0.4, 0.5) is 11.4 Å². The van der Waals surface area contributed by atoms with Crippen LogP contribution in [0, 0.1) is 26.7 Å². The average Bonchev–Trinajstić information content (AvgIpc) is 3.00. The number of nitrogens with zero attached hydrogens (tertiary/aromatic N) is 1. The first-order chi connectivity index (χ1) is 12.4. The van der Waals surface area contributed by atoms with Crippen LogP contribution in [0.3, 0.4) is 0 Å². The second kappa shape index (κ2) is 7.32. The van der Waals surface area contributed by atoms with Gasteiger partial charge in [0.05, 0.1) is 5.92 Å². The summed E-state index contributed by atoms with van der Waals surface area (Å²) in [5, 5.41) is 3.07. The van der Waals surface area contributed by atoms with E-state index in [2.05, 4.69) is 12.2 Å². The molecule has 1 saturated heterocycles. The Morgan fingerprint density at radius 2 is 1.81 bits per heavy atom. The zero-order chi connectivity index (χ0) is 18.8. The summed E-state index contributed by atoms with van der Waals surface area (Å²) in [5.74, 6) is -0.388. The van der Waals surface area contributed by atoms with Gasteiger partial charge in [-0.3, -0.25) is 9.59 Å². The van der Waals surface area contributed by atoms with Gasteiger partial charge in [-0.15, -0.1) is 0 Å². The van der Waals surface area contributed by atoms with E-state index in [4.69, 9.17) is 0 Å². The smallest absolute Gasteiger partial charge is 0.229 e. The number of hydrogen-bond acceptors (Lipinski definition) is 2. The highest BCUT2D eigenvalue weighted by molar-refractivity contribution is 6.04. The van der Waals surface area contributed by atoms with Gasteiger partial charge in [-0.2, -0.15) is 0 Å². The van der Waals surface area contributed by atoms with E-state index in [1.165, 1.54) is 0 Å². The van der Waals surface area contributed by atoms with E-state index < -0.39 is 0 Å². The lowest BCUT2D eigenvalue weighted by Crippen LogP contribution is -2.29. The van der Waals surface area contributed by atoms with Crippen LogP contribution >= 0.6 is 0 Å². The second-order valence-electron chi connectivity index (χ2n) is 7.08. The van der Waals surface area contributed by atoms with Crippen LogP contribution < -0.4 is 10.2 Å². The average molecular weight is 350 g/mol. The van der Waals surface area contributed by atoms with Crippen molar-refractivity contribution in [3.8, 4) is 0 Å². The molecule has 0 bridgehead atoms. The molecule has 2 aromatic carbocycles. The molecule has 2 amide bonds. The van der Waals surface area contributed by atoms with E-state index in [1.54, 1.807) is 4.90 Å². The molecule has 4 nitrogen and oxygen atoms in total. The Bertz CT molecular complexity index is 857. The summed E-state index contributed by atoms with van der Waals surface area (Å²) in [5.41, 5.74) is 6.21. The van der Waals surface area contributed by atoms with Crippen molar-refractivity contribution in [3.63, 3.8) is 0 Å². The SMILES string of the molecule is CCc1cccc(C)c1NC(=O)[C@@H]1CC(=O)N(c2cccc(C)c2C)C1. The van der Waals surface area contributed by atoms with Crippen molar-refractivity contribution < 1.29 is 9.59 Å². The molecular formula is C22H26N2O2. The summed E-state index contributed by atoms with van der Waals surface area (Å²) in [6, 6.07) is 12.0. The van der Waals surface area contributed by atoms with Crippen LogP contribution in [-0.4, -0.2) is 18.4 Å². The quantitative estimate of drug-likeness (QED) is 0.900. The van der Waals surface area contributed by atoms with Crippen LogP contribution in [0.15, 0.2) is 36.4 Å². The Labute approximate surface area is 155 Å². The van der Waals surface area contributed by atoms with Gasteiger partial charge in [0.25, 0.3) is 0 Å². The van der Waals surface area contributed by atoms with E-state index in [-0.39, 0.29) is 24.2 Å². The van der Waals surface area contributed by atoms with Gasteiger partial charge in [-0.05, 0) is 55.5 Å². The first-order valence-corrected chi connectivity index (χ1v) is 9.18. The van der Waals surface area contributed by atoms with Gasteiger partial charge < -0.3 is 10.2 Å². The topological polar surface area (TPSA) is 49.4 Å². The maximum atomic E-state index is 12.8. The molecule has 0 saturated carbocycles. The molecule has 1 aliphatic heterocycles. The number of hydrogen-bond donors (Lipinski definition) is 1. The number of amides is 2. The Hall–Kier alpha value is -2.62. The van der Waals surface area contributed by atoms with Gasteiger partial charge in [-0.25, -0.2) is 0 Å². The fourth-order valence-electron chi connectivity index (χ4n) is 3.57. The zero-order valence-corrected chi connectivity index (χ0v) is 15.9. The van der Waals surface area contributed by atoms with Gasteiger partial charge in [-0.1, -0.05) is 37.3 Å². The van der Waals surface area contributed by atoms with Crippen molar-refractivity contribution >= 4 is 23.2 Å². The van der Waals surface area contributed by atoms with Gasteiger partial charge >= 0.3 is 0 Å². The highest BCUT2D eigenvalue weighted by Crippen LogP contribution is 2.30. The minimum atomic E-state index is -0.327. The van der Waals surface area contributed by atoms with Crippen LogP contribution in [-0.2, 0) is 16.0 Å². The molecule has 0 spiro atoms. The lowest BCUT2D eigenvalue weighted by atomic mass is 10.0. The maximum absolute atomic E-state index is 12.8. The molecule has 1 N–H and O–H groups in total. The van der Waals surface area contributed by atoms with Crippen molar-refractivity contribution in [1.29, 1.82) is 0 Å². The monoisotopic (exact) mass is 350 g/mol. The van der Waals surface area contributed by atoms with Crippen LogP contribution in [0.2, 0.25) is 0 Å². The van der Waals surface area contributed by atoms with E-state index in [0.29, 0.717) is 6.54 Å². The zero-order valence-electron chi connectivity index (χ0n) is 15.9. The number of nitrogens with one attached hydrogen (secondary N) is 1. The molecule has 0 aliphatic carbocycles. The number of para-hydroxylation sites is 1. The number of carbonyl (C=O) groups is 2. The third-order valence-electron chi connectivity index (χ3n) is 5.35. The molecule has 4 heteroatoms. The standard InChI is InChI=1S/C22H26N2O2/c1-5-17-10-6-9-15(3)21(17)23-22(26)18-12-20(25)24(13-18)19-11-7-8-14(2)16(19)4/h6-11,18H,5,12-13H2,1-4H3,(H,23,26)/t18-/m1/s1. The Morgan fingerprint density at radius 1 is 1.12 bits per heavy atom. The highest BCUT2D eigenvalue weighted by atomic mass is 16.2. The summed E-state index contributed by atoms with van der Waals surface area (Å²) in [6.07, 6.45) is 1.11. The van der Waals surface area contributed by atoms with Crippen molar-refractivity contribution in [2.24, 2.45) is 5.92 Å². The Morgan fingerprint density at radius 3 is 2.54 bits per heavy atom. The molecule has 136 valence electrons. The normalized spacial score (nSPS) is 16.8. The summed E-state index contributed by atoms with van der Waals surface area (Å²) in [6.45, 7) is 8.56. The van der Waals surface area contributed by atoms with E-state index >= 15 is 0 Å². The van der Waals surface area contributed by atoms with Crippen LogP contribution in [0.5, 0.6) is 0 Å². The predicted octanol–water partition coefficient (Wildman–Crippen LogP) is 4.17. The third-order valence-corrected chi connectivity index (χ3v) is 5.35. The molecule has 1 fully saturated rings. The van der Waals surface area contributed by atoms with Crippen molar-refractivity contribution in [2.45, 2.75) is 40.5 Å². The number of rotatable bonds is 4. The van der Waals surface area contributed by atoms with Crippen molar-refractivity contribution in [3.05, 3.63) is 58.7 Å². The second-order valence-corrected chi connectivity index (χ2v) is 7.08. The first-order valence-electron chi connectivity index (χ1n) is 9.18.